The first kappa shape index (κ1) is 19.3. The molecule has 0 saturated heterocycles. The lowest BCUT2D eigenvalue weighted by Gasteiger charge is -2.25. The summed E-state index contributed by atoms with van der Waals surface area (Å²) in [5.41, 5.74) is 0. The van der Waals surface area contributed by atoms with Crippen molar-refractivity contribution in [1.82, 2.24) is 0 Å². The molecule has 0 aliphatic rings. The van der Waals surface area contributed by atoms with Crippen LogP contribution in [-0.2, 0) is 9.53 Å². The molecule has 0 aromatic rings. The molecule has 0 aliphatic carbocycles. The van der Waals surface area contributed by atoms with E-state index in [4.69, 9.17) is 14.9 Å². The van der Waals surface area contributed by atoms with Gasteiger partial charge in [0.2, 0.25) is 0 Å². The summed E-state index contributed by atoms with van der Waals surface area (Å²) < 4.78 is 4.92. The number of aliphatic hydroxyl groups excluding tert-OH is 4. The van der Waals surface area contributed by atoms with Gasteiger partial charge >= 0.3 is 5.97 Å². The molecule has 0 radical (unpaired) electrons. The Kier molecular flexibility index (Phi) is 11.7. The summed E-state index contributed by atoms with van der Waals surface area (Å²) in [5.74, 6) is -0.537. The van der Waals surface area contributed by atoms with E-state index in [1.165, 1.54) is 12.8 Å². The normalized spacial score (nSPS) is 15.7. The zero-order chi connectivity index (χ0) is 15.4. The van der Waals surface area contributed by atoms with E-state index in [-0.39, 0.29) is 6.42 Å². The van der Waals surface area contributed by atoms with E-state index in [0.29, 0.717) is 6.42 Å². The first-order valence-corrected chi connectivity index (χ1v) is 7.34. The van der Waals surface area contributed by atoms with E-state index in [1.54, 1.807) is 0 Å². The van der Waals surface area contributed by atoms with Crippen molar-refractivity contribution in [3.63, 3.8) is 0 Å². The molecule has 0 saturated carbocycles. The third kappa shape index (κ3) is 8.47. The van der Waals surface area contributed by atoms with Crippen LogP contribution in [-0.4, -0.2) is 57.9 Å². The minimum absolute atomic E-state index is 0.207. The van der Waals surface area contributed by atoms with Crippen molar-refractivity contribution in [2.45, 2.75) is 70.2 Å². The Morgan fingerprint density at radius 2 is 1.45 bits per heavy atom. The van der Waals surface area contributed by atoms with Crippen molar-refractivity contribution in [3.05, 3.63) is 0 Å². The first-order chi connectivity index (χ1) is 9.56. The maximum Gasteiger partial charge on any atom is 0.306 e. The summed E-state index contributed by atoms with van der Waals surface area (Å²) >= 11 is 0. The van der Waals surface area contributed by atoms with Gasteiger partial charge in [0.05, 0.1) is 13.2 Å². The van der Waals surface area contributed by atoms with Gasteiger partial charge in [-0.3, -0.25) is 4.79 Å². The summed E-state index contributed by atoms with van der Waals surface area (Å²) in [4.78, 5) is 11.6. The number of aliphatic hydroxyl groups is 4. The largest absolute Gasteiger partial charge is 0.457 e. The molecule has 0 fully saturated rings. The van der Waals surface area contributed by atoms with Gasteiger partial charge in [0.25, 0.3) is 0 Å². The van der Waals surface area contributed by atoms with Gasteiger partial charge in [-0.15, -0.1) is 0 Å². The minimum Gasteiger partial charge on any atom is -0.457 e. The average molecular weight is 292 g/mol. The van der Waals surface area contributed by atoms with Crippen molar-refractivity contribution < 1.29 is 30.0 Å². The second-order valence-corrected chi connectivity index (χ2v) is 4.97. The third-order valence-corrected chi connectivity index (χ3v) is 3.13. The molecule has 0 aromatic carbocycles. The van der Waals surface area contributed by atoms with E-state index in [0.717, 1.165) is 19.3 Å². The van der Waals surface area contributed by atoms with Gasteiger partial charge < -0.3 is 25.2 Å². The Balaban J connectivity index is 3.95. The van der Waals surface area contributed by atoms with Crippen molar-refractivity contribution >= 4 is 5.97 Å². The van der Waals surface area contributed by atoms with E-state index >= 15 is 0 Å². The fourth-order valence-electron chi connectivity index (χ4n) is 1.88. The van der Waals surface area contributed by atoms with Crippen LogP contribution in [0.5, 0.6) is 0 Å². The molecule has 0 spiro atoms. The number of unbranched alkanes of at least 4 members (excludes halogenated alkanes) is 5. The maximum absolute atomic E-state index is 11.6. The van der Waals surface area contributed by atoms with Crippen LogP contribution in [0.1, 0.15) is 51.9 Å². The van der Waals surface area contributed by atoms with Crippen LogP contribution in [0, 0.1) is 0 Å². The maximum atomic E-state index is 11.6. The topological polar surface area (TPSA) is 107 Å². The summed E-state index contributed by atoms with van der Waals surface area (Å²) in [6.07, 6.45) is 2.33. The van der Waals surface area contributed by atoms with Crippen LogP contribution in [0.25, 0.3) is 0 Å². The molecule has 120 valence electrons. The van der Waals surface area contributed by atoms with Crippen LogP contribution in [0.15, 0.2) is 0 Å². The Bertz CT molecular complexity index is 236. The highest BCUT2D eigenvalue weighted by Crippen LogP contribution is 2.11. The number of hydrogen-bond donors (Lipinski definition) is 4. The smallest absolute Gasteiger partial charge is 0.306 e. The summed E-state index contributed by atoms with van der Waals surface area (Å²) in [6.45, 7) is 0.842. The molecule has 0 bridgehead atoms. The molecule has 6 heteroatoms. The van der Waals surface area contributed by atoms with Gasteiger partial charge in [-0.25, -0.2) is 0 Å². The number of carbonyl (C=O) groups excluding carboxylic acids is 1. The van der Waals surface area contributed by atoms with E-state index in [1.807, 2.05) is 0 Å². The van der Waals surface area contributed by atoms with Gasteiger partial charge in [-0.05, 0) is 6.42 Å². The van der Waals surface area contributed by atoms with Crippen LogP contribution in [0.3, 0.4) is 0 Å². The van der Waals surface area contributed by atoms with Crippen LogP contribution >= 0.6 is 0 Å². The van der Waals surface area contributed by atoms with Crippen LogP contribution in [0.2, 0.25) is 0 Å². The predicted molar refractivity (Wildman–Crippen MR) is 74.1 cm³/mol. The zero-order valence-electron chi connectivity index (χ0n) is 12.2. The molecule has 0 aromatic heterocycles. The lowest BCUT2D eigenvalue weighted by Crippen LogP contribution is -2.44. The molecule has 20 heavy (non-hydrogen) atoms. The second-order valence-electron chi connectivity index (χ2n) is 4.97. The summed E-state index contributed by atoms with van der Waals surface area (Å²) in [7, 11) is 0. The third-order valence-electron chi connectivity index (χ3n) is 3.13. The SMILES string of the molecule is CCCCCCCCC(=O)OC([C@H](O)CO)[C@@H](O)CO. The Morgan fingerprint density at radius 1 is 0.950 bits per heavy atom. The van der Waals surface area contributed by atoms with Gasteiger partial charge in [0.15, 0.2) is 6.10 Å². The number of carbonyl (C=O) groups is 1. The minimum atomic E-state index is -1.40. The highest BCUT2D eigenvalue weighted by molar-refractivity contribution is 5.69. The molecule has 1 unspecified atom stereocenters. The molecule has 0 rings (SSSR count). The molecule has 3 atom stereocenters. The average Bonchev–Trinajstić information content (AvgIpc) is 2.46. The molecule has 4 N–H and O–H groups in total. The second kappa shape index (κ2) is 12.1. The Morgan fingerprint density at radius 3 is 1.95 bits per heavy atom. The fourth-order valence-corrected chi connectivity index (χ4v) is 1.88. The number of esters is 1. The molecule has 0 heterocycles. The van der Waals surface area contributed by atoms with Crippen LogP contribution in [0.4, 0.5) is 0 Å². The molecule has 0 amide bonds. The van der Waals surface area contributed by atoms with Crippen molar-refractivity contribution in [1.29, 1.82) is 0 Å². The van der Waals surface area contributed by atoms with Gasteiger partial charge in [0, 0.05) is 6.42 Å². The highest BCUT2D eigenvalue weighted by atomic mass is 16.6. The predicted octanol–water partition coefficient (Wildman–Crippen LogP) is 0.355. The van der Waals surface area contributed by atoms with E-state index in [2.05, 4.69) is 6.92 Å². The molecule has 0 aliphatic heterocycles. The summed E-state index contributed by atoms with van der Waals surface area (Å²) in [5, 5.41) is 36.5. The molecular weight excluding hydrogens is 264 g/mol. The highest BCUT2D eigenvalue weighted by Gasteiger charge is 2.29. The van der Waals surface area contributed by atoms with Crippen molar-refractivity contribution in [2.75, 3.05) is 13.2 Å². The van der Waals surface area contributed by atoms with Gasteiger partial charge in [0.1, 0.15) is 12.2 Å². The number of ether oxygens (including phenoxy) is 1. The van der Waals surface area contributed by atoms with Crippen molar-refractivity contribution in [2.24, 2.45) is 0 Å². The van der Waals surface area contributed by atoms with E-state index in [9.17, 15) is 15.0 Å². The number of rotatable bonds is 12. The Hall–Kier alpha value is -0.690. The zero-order valence-corrected chi connectivity index (χ0v) is 12.2. The lowest BCUT2D eigenvalue weighted by molar-refractivity contribution is -0.169. The molecular formula is C14H28O6. The standard InChI is InChI=1S/C14H28O6/c1-2-3-4-5-6-7-8-13(19)20-14(11(17)9-15)12(18)10-16/h11-12,14-18H,2-10H2,1H3/t11-,12+,14?. The van der Waals surface area contributed by atoms with Gasteiger partial charge in [-0.1, -0.05) is 39.0 Å². The van der Waals surface area contributed by atoms with Crippen molar-refractivity contribution in [3.8, 4) is 0 Å². The fraction of sp³-hybridized carbons (Fsp3) is 0.929. The summed E-state index contributed by atoms with van der Waals surface area (Å²) in [6, 6.07) is 0. The first-order valence-electron chi connectivity index (χ1n) is 7.34. The monoisotopic (exact) mass is 292 g/mol. The van der Waals surface area contributed by atoms with Crippen LogP contribution < -0.4 is 0 Å². The van der Waals surface area contributed by atoms with E-state index < -0.39 is 37.5 Å². The molecule has 6 nitrogen and oxygen atoms in total. The van der Waals surface area contributed by atoms with Gasteiger partial charge in [-0.2, -0.15) is 0 Å². The Labute approximate surface area is 120 Å². The number of hydrogen-bond acceptors (Lipinski definition) is 6. The quantitative estimate of drug-likeness (QED) is 0.305. The lowest BCUT2D eigenvalue weighted by atomic mass is 10.1.